The number of anilines is 1. The Morgan fingerprint density at radius 2 is 1.90 bits per heavy atom. The molecule has 3 rings (SSSR count). The summed E-state index contributed by atoms with van der Waals surface area (Å²) in [6, 6.07) is 4.68. The lowest BCUT2D eigenvalue weighted by atomic mass is 10.2. The Morgan fingerprint density at radius 1 is 1.17 bits per heavy atom. The first-order valence-corrected chi connectivity index (χ1v) is 8.18. The average molecular weight is 401 g/mol. The minimum Gasteiger partial charge on any atom is -0.506 e. The molecule has 2 aromatic heterocycles. The van der Waals surface area contributed by atoms with Crippen molar-refractivity contribution in [1.29, 1.82) is 0 Å². The van der Waals surface area contributed by atoms with Crippen molar-refractivity contribution in [3.8, 4) is 5.75 Å². The Balaban J connectivity index is 1.75. The van der Waals surface area contributed by atoms with Crippen molar-refractivity contribution in [1.82, 2.24) is 19.6 Å². The molecule has 0 atom stereocenters. The number of nitro groups is 2. The Bertz CT molecular complexity index is 1130. The number of aromatic hydroxyl groups is 1. The number of nitro benzene ring substituents is 1. The number of nitrogens with one attached hydrogen (secondary N) is 1. The molecule has 29 heavy (non-hydrogen) atoms. The molecule has 1 amide bonds. The van der Waals surface area contributed by atoms with E-state index in [4.69, 9.17) is 0 Å². The van der Waals surface area contributed by atoms with Gasteiger partial charge in [0.25, 0.3) is 11.6 Å². The normalized spacial score (nSPS) is 10.7. The molecule has 1 aromatic carbocycles. The second kappa shape index (κ2) is 7.38. The highest BCUT2D eigenvalue weighted by Crippen LogP contribution is 2.28. The summed E-state index contributed by atoms with van der Waals surface area (Å²) in [6.07, 6.45) is 1.49. The molecular weight excluding hydrogens is 386 g/mol. The summed E-state index contributed by atoms with van der Waals surface area (Å²) in [5.74, 6) is -1.10. The summed E-state index contributed by atoms with van der Waals surface area (Å²) in [7, 11) is 0. The van der Waals surface area contributed by atoms with E-state index in [2.05, 4.69) is 15.5 Å². The van der Waals surface area contributed by atoms with Crippen molar-refractivity contribution in [2.45, 2.75) is 20.5 Å². The van der Waals surface area contributed by atoms with Crippen LogP contribution in [0.25, 0.3) is 0 Å². The number of aryl methyl sites for hydroxylation is 1. The second-order valence-corrected chi connectivity index (χ2v) is 6.07. The molecule has 0 aliphatic rings. The zero-order valence-corrected chi connectivity index (χ0v) is 15.3. The SMILES string of the molecule is Cc1nn(Cn2ccc(C(=O)Nc3ccc([N+](=O)[O-])cc3O)n2)c(C)c1[N+](=O)[O-]. The number of hydrogen-bond donors (Lipinski definition) is 2. The van der Waals surface area contributed by atoms with Gasteiger partial charge in [-0.15, -0.1) is 0 Å². The van der Waals surface area contributed by atoms with E-state index < -0.39 is 21.5 Å². The number of rotatable bonds is 6. The first-order chi connectivity index (χ1) is 13.7. The standard InChI is InChI=1S/C16H15N7O6/c1-9-15(23(28)29)10(2)21(18-9)8-20-6-5-13(19-20)16(25)17-12-4-3-11(22(26)27)7-14(12)24/h3-7,24H,8H2,1-2H3,(H,17,25). The number of amides is 1. The van der Waals surface area contributed by atoms with E-state index in [-0.39, 0.29) is 35.1 Å². The first kappa shape index (κ1) is 19.5. The highest BCUT2D eigenvalue weighted by molar-refractivity contribution is 6.03. The fourth-order valence-corrected chi connectivity index (χ4v) is 2.71. The van der Waals surface area contributed by atoms with Crippen LogP contribution in [0.4, 0.5) is 17.1 Å². The van der Waals surface area contributed by atoms with Gasteiger partial charge in [-0.25, -0.2) is 4.68 Å². The van der Waals surface area contributed by atoms with Crippen molar-refractivity contribution < 1.29 is 19.7 Å². The maximum Gasteiger partial charge on any atom is 0.312 e. The molecule has 0 bridgehead atoms. The lowest BCUT2D eigenvalue weighted by Crippen LogP contribution is -2.16. The first-order valence-electron chi connectivity index (χ1n) is 8.18. The average Bonchev–Trinajstić information content (AvgIpc) is 3.21. The molecule has 0 aliphatic heterocycles. The number of carbonyl (C=O) groups is 1. The largest absolute Gasteiger partial charge is 0.506 e. The Labute approximate surface area is 162 Å². The van der Waals surface area contributed by atoms with E-state index in [1.54, 1.807) is 6.92 Å². The van der Waals surface area contributed by atoms with Gasteiger partial charge in [0.2, 0.25) is 0 Å². The predicted molar refractivity (Wildman–Crippen MR) is 98.7 cm³/mol. The monoisotopic (exact) mass is 401 g/mol. The number of non-ortho nitro benzene ring substituents is 1. The van der Waals surface area contributed by atoms with Gasteiger partial charge in [-0.2, -0.15) is 10.2 Å². The number of benzene rings is 1. The summed E-state index contributed by atoms with van der Waals surface area (Å²) >= 11 is 0. The van der Waals surface area contributed by atoms with Gasteiger partial charge in [-0.3, -0.25) is 29.7 Å². The molecule has 150 valence electrons. The molecule has 3 aromatic rings. The molecule has 0 aliphatic carbocycles. The number of phenolic OH excluding ortho intramolecular Hbond substituents is 1. The van der Waals surface area contributed by atoms with Crippen LogP contribution in [0.1, 0.15) is 21.9 Å². The highest BCUT2D eigenvalue weighted by atomic mass is 16.6. The van der Waals surface area contributed by atoms with E-state index >= 15 is 0 Å². The van der Waals surface area contributed by atoms with Crippen molar-refractivity contribution in [3.63, 3.8) is 0 Å². The number of carbonyl (C=O) groups excluding carboxylic acids is 1. The third-order valence-corrected chi connectivity index (χ3v) is 4.12. The lowest BCUT2D eigenvalue weighted by molar-refractivity contribution is -0.386. The number of hydrogen-bond acceptors (Lipinski definition) is 8. The van der Waals surface area contributed by atoms with Gasteiger partial charge >= 0.3 is 5.69 Å². The number of phenols is 1. The number of aromatic nitrogens is 4. The van der Waals surface area contributed by atoms with Crippen LogP contribution in [0.15, 0.2) is 30.5 Å². The van der Waals surface area contributed by atoms with E-state index in [0.29, 0.717) is 5.69 Å². The van der Waals surface area contributed by atoms with Crippen LogP contribution in [0.3, 0.4) is 0 Å². The summed E-state index contributed by atoms with van der Waals surface area (Å²) in [5.41, 5.74) is 0.228. The Morgan fingerprint density at radius 3 is 2.48 bits per heavy atom. The lowest BCUT2D eigenvalue weighted by Gasteiger charge is -2.06. The van der Waals surface area contributed by atoms with E-state index in [1.807, 2.05) is 0 Å². The molecule has 13 heteroatoms. The van der Waals surface area contributed by atoms with Crippen molar-refractivity contribution in [2.75, 3.05) is 5.32 Å². The van der Waals surface area contributed by atoms with Crippen LogP contribution in [0.2, 0.25) is 0 Å². The molecule has 0 fully saturated rings. The molecule has 13 nitrogen and oxygen atoms in total. The molecule has 0 saturated carbocycles. The minimum atomic E-state index is -0.670. The topological polar surface area (TPSA) is 171 Å². The smallest absolute Gasteiger partial charge is 0.312 e. The van der Waals surface area contributed by atoms with E-state index in [0.717, 1.165) is 12.1 Å². The fraction of sp³-hybridized carbons (Fsp3) is 0.188. The highest BCUT2D eigenvalue weighted by Gasteiger charge is 2.22. The van der Waals surface area contributed by atoms with Crippen molar-refractivity contribution in [3.05, 3.63) is 67.8 Å². The van der Waals surface area contributed by atoms with Gasteiger partial charge in [0.05, 0.1) is 21.6 Å². The van der Waals surface area contributed by atoms with Crippen molar-refractivity contribution >= 4 is 23.0 Å². The maximum atomic E-state index is 12.3. The van der Waals surface area contributed by atoms with Gasteiger partial charge in [-0.1, -0.05) is 0 Å². The fourth-order valence-electron chi connectivity index (χ4n) is 2.71. The summed E-state index contributed by atoms with van der Waals surface area (Å²) in [6.45, 7) is 3.14. The van der Waals surface area contributed by atoms with Crippen LogP contribution in [-0.2, 0) is 6.67 Å². The van der Waals surface area contributed by atoms with Crippen LogP contribution < -0.4 is 5.32 Å². The second-order valence-electron chi connectivity index (χ2n) is 6.07. The van der Waals surface area contributed by atoms with Gasteiger partial charge < -0.3 is 10.4 Å². The summed E-state index contributed by atoms with van der Waals surface area (Å²) < 4.78 is 2.76. The Kier molecular flexibility index (Phi) is 4.95. The van der Waals surface area contributed by atoms with Crippen LogP contribution in [0, 0.1) is 34.1 Å². The van der Waals surface area contributed by atoms with Gasteiger partial charge in [-0.05, 0) is 26.0 Å². The molecule has 0 unspecified atom stereocenters. The maximum absolute atomic E-state index is 12.3. The van der Waals surface area contributed by atoms with Crippen LogP contribution in [-0.4, -0.2) is 40.4 Å². The third-order valence-electron chi connectivity index (χ3n) is 4.12. The van der Waals surface area contributed by atoms with Crippen molar-refractivity contribution in [2.24, 2.45) is 0 Å². The molecular formula is C16H15N7O6. The van der Waals surface area contributed by atoms with E-state index in [1.165, 1.54) is 34.6 Å². The zero-order chi connectivity index (χ0) is 21.3. The minimum absolute atomic E-state index is 0.00989. The molecule has 0 spiro atoms. The Hall–Kier alpha value is -4.29. The quantitative estimate of drug-likeness (QED) is 0.358. The number of nitrogens with zero attached hydrogens (tertiary/aromatic N) is 6. The van der Waals surface area contributed by atoms with Gasteiger partial charge in [0, 0.05) is 12.3 Å². The van der Waals surface area contributed by atoms with E-state index in [9.17, 15) is 30.1 Å². The molecule has 2 N–H and O–H groups in total. The molecule has 0 radical (unpaired) electrons. The molecule has 2 heterocycles. The predicted octanol–water partition coefficient (Wildman–Crippen LogP) is 1.98. The van der Waals surface area contributed by atoms with Crippen LogP contribution in [0.5, 0.6) is 5.75 Å². The summed E-state index contributed by atoms with van der Waals surface area (Å²) in [5, 5.41) is 42.2. The summed E-state index contributed by atoms with van der Waals surface area (Å²) in [4.78, 5) is 32.9. The van der Waals surface area contributed by atoms with Gasteiger partial charge in [0.1, 0.15) is 23.8 Å². The van der Waals surface area contributed by atoms with Crippen LogP contribution >= 0.6 is 0 Å². The molecule has 0 saturated heterocycles. The third kappa shape index (κ3) is 3.87. The zero-order valence-electron chi connectivity index (χ0n) is 15.3. The van der Waals surface area contributed by atoms with Gasteiger partial charge in [0.15, 0.2) is 5.69 Å².